The lowest BCUT2D eigenvalue weighted by Crippen LogP contribution is -2.32. The third-order valence-corrected chi connectivity index (χ3v) is 4.47. The van der Waals surface area contributed by atoms with Crippen molar-refractivity contribution in [2.45, 2.75) is 57.8 Å². The Bertz CT molecular complexity index is 377. The van der Waals surface area contributed by atoms with Crippen LogP contribution >= 0.6 is 0 Å². The Hall–Kier alpha value is -0.860. The van der Waals surface area contributed by atoms with E-state index in [1.807, 2.05) is 0 Å². The van der Waals surface area contributed by atoms with E-state index in [-0.39, 0.29) is 0 Å². The van der Waals surface area contributed by atoms with Crippen LogP contribution in [-0.4, -0.2) is 23.5 Å². The van der Waals surface area contributed by atoms with Gasteiger partial charge < -0.3 is 5.32 Å². The van der Waals surface area contributed by atoms with E-state index >= 15 is 0 Å². The van der Waals surface area contributed by atoms with Crippen LogP contribution in [0.15, 0.2) is 24.3 Å². The summed E-state index contributed by atoms with van der Waals surface area (Å²) >= 11 is 0. The summed E-state index contributed by atoms with van der Waals surface area (Å²) < 4.78 is 0. The molecular weight excluding hydrogens is 220 g/mol. The van der Waals surface area contributed by atoms with Crippen molar-refractivity contribution < 1.29 is 0 Å². The summed E-state index contributed by atoms with van der Waals surface area (Å²) in [5, 5.41) is 3.68. The quantitative estimate of drug-likeness (QED) is 0.876. The maximum absolute atomic E-state index is 3.68. The molecule has 0 amide bonds. The Morgan fingerprint density at radius 3 is 2.56 bits per heavy atom. The number of rotatable bonds is 4. The van der Waals surface area contributed by atoms with E-state index in [2.05, 4.69) is 41.4 Å². The molecular formula is C16H24N2. The molecule has 1 fully saturated rings. The third kappa shape index (κ3) is 2.45. The minimum absolute atomic E-state index is 0.763. The van der Waals surface area contributed by atoms with Crippen LogP contribution in [0, 0.1) is 0 Å². The van der Waals surface area contributed by atoms with Gasteiger partial charge >= 0.3 is 0 Å². The van der Waals surface area contributed by atoms with E-state index in [0.29, 0.717) is 0 Å². The van der Waals surface area contributed by atoms with Crippen molar-refractivity contribution in [3.63, 3.8) is 0 Å². The van der Waals surface area contributed by atoms with Crippen molar-refractivity contribution in [2.75, 3.05) is 6.54 Å². The van der Waals surface area contributed by atoms with Crippen LogP contribution in [0.2, 0.25) is 0 Å². The molecule has 2 heteroatoms. The van der Waals surface area contributed by atoms with Crippen LogP contribution in [0.25, 0.3) is 0 Å². The van der Waals surface area contributed by atoms with Crippen molar-refractivity contribution in [1.82, 2.24) is 10.2 Å². The van der Waals surface area contributed by atoms with Crippen LogP contribution in [0.4, 0.5) is 0 Å². The van der Waals surface area contributed by atoms with Crippen LogP contribution in [-0.2, 0) is 13.1 Å². The summed E-state index contributed by atoms with van der Waals surface area (Å²) in [7, 11) is 0. The summed E-state index contributed by atoms with van der Waals surface area (Å²) in [4.78, 5) is 2.68. The molecule has 98 valence electrons. The van der Waals surface area contributed by atoms with Crippen molar-refractivity contribution in [2.24, 2.45) is 0 Å². The molecule has 1 N–H and O–H groups in total. The normalized spacial score (nSPS) is 27.6. The van der Waals surface area contributed by atoms with Crippen LogP contribution in [0.5, 0.6) is 0 Å². The second kappa shape index (κ2) is 5.41. The molecule has 3 rings (SSSR count). The van der Waals surface area contributed by atoms with Gasteiger partial charge in [-0.2, -0.15) is 0 Å². The molecule has 0 bridgehead atoms. The zero-order valence-electron chi connectivity index (χ0n) is 11.4. The van der Waals surface area contributed by atoms with Crippen molar-refractivity contribution in [1.29, 1.82) is 0 Å². The molecule has 1 aliphatic carbocycles. The van der Waals surface area contributed by atoms with Gasteiger partial charge in [0.1, 0.15) is 0 Å². The zero-order chi connectivity index (χ0) is 12.4. The van der Waals surface area contributed by atoms with E-state index in [1.54, 1.807) is 11.1 Å². The summed E-state index contributed by atoms with van der Waals surface area (Å²) in [6.07, 6.45) is 5.32. The van der Waals surface area contributed by atoms with E-state index < -0.39 is 0 Å². The molecule has 0 radical (unpaired) electrons. The number of hydrogen-bond acceptors (Lipinski definition) is 2. The Labute approximate surface area is 110 Å². The molecule has 1 heterocycles. The highest BCUT2D eigenvalue weighted by atomic mass is 15.2. The molecule has 0 saturated heterocycles. The SMILES string of the molecule is CCCNC1CCC(N2Cc3ccccc3C2)C1. The zero-order valence-corrected chi connectivity index (χ0v) is 11.4. The Kier molecular flexibility index (Phi) is 3.67. The van der Waals surface area contributed by atoms with Gasteiger partial charge in [0.25, 0.3) is 0 Å². The van der Waals surface area contributed by atoms with Crippen LogP contribution < -0.4 is 5.32 Å². The van der Waals surface area contributed by atoms with Crippen LogP contribution in [0.3, 0.4) is 0 Å². The van der Waals surface area contributed by atoms with Gasteiger partial charge in [-0.3, -0.25) is 4.90 Å². The molecule has 18 heavy (non-hydrogen) atoms. The van der Waals surface area contributed by atoms with Crippen LogP contribution in [0.1, 0.15) is 43.7 Å². The number of nitrogens with zero attached hydrogens (tertiary/aromatic N) is 1. The van der Waals surface area contributed by atoms with E-state index in [1.165, 1.54) is 45.3 Å². The van der Waals surface area contributed by atoms with Gasteiger partial charge in [-0.05, 0) is 43.4 Å². The summed E-state index contributed by atoms with van der Waals surface area (Å²) in [5.74, 6) is 0. The standard InChI is InChI=1S/C16H24N2/c1-2-9-17-15-7-8-16(10-15)18-11-13-5-3-4-6-14(13)12-18/h3-6,15-17H,2,7-12H2,1H3. The van der Waals surface area contributed by atoms with Gasteiger partial charge in [-0.15, -0.1) is 0 Å². The minimum Gasteiger partial charge on any atom is -0.314 e. The molecule has 1 aromatic rings. The van der Waals surface area contributed by atoms with E-state index in [4.69, 9.17) is 0 Å². The average Bonchev–Trinajstić information content (AvgIpc) is 3.02. The third-order valence-electron chi connectivity index (χ3n) is 4.47. The molecule has 2 unspecified atom stereocenters. The maximum Gasteiger partial charge on any atom is 0.0243 e. The van der Waals surface area contributed by atoms with Gasteiger partial charge in [-0.1, -0.05) is 31.2 Å². The summed E-state index contributed by atoms with van der Waals surface area (Å²) in [5.41, 5.74) is 3.09. The van der Waals surface area contributed by atoms with Gasteiger partial charge in [-0.25, -0.2) is 0 Å². The van der Waals surface area contributed by atoms with E-state index in [0.717, 1.165) is 12.1 Å². The molecule has 2 aliphatic rings. The van der Waals surface area contributed by atoms with Gasteiger partial charge in [0.2, 0.25) is 0 Å². The monoisotopic (exact) mass is 244 g/mol. The second-order valence-corrected chi connectivity index (χ2v) is 5.79. The molecule has 1 aliphatic heterocycles. The van der Waals surface area contributed by atoms with Gasteiger partial charge in [0, 0.05) is 25.2 Å². The fraction of sp³-hybridized carbons (Fsp3) is 0.625. The van der Waals surface area contributed by atoms with Crippen molar-refractivity contribution in [3.05, 3.63) is 35.4 Å². The Morgan fingerprint density at radius 1 is 1.17 bits per heavy atom. The molecule has 1 aromatic carbocycles. The molecule has 1 saturated carbocycles. The first-order chi connectivity index (χ1) is 8.86. The molecule has 2 atom stereocenters. The highest BCUT2D eigenvalue weighted by Crippen LogP contribution is 2.31. The van der Waals surface area contributed by atoms with Crippen molar-refractivity contribution in [3.8, 4) is 0 Å². The smallest absolute Gasteiger partial charge is 0.0243 e. The molecule has 0 aromatic heterocycles. The number of fused-ring (bicyclic) bond motifs is 1. The summed E-state index contributed by atoms with van der Waals surface area (Å²) in [6.45, 7) is 5.76. The van der Waals surface area contributed by atoms with Gasteiger partial charge in [0.05, 0.1) is 0 Å². The second-order valence-electron chi connectivity index (χ2n) is 5.79. The molecule has 2 nitrogen and oxygen atoms in total. The highest BCUT2D eigenvalue weighted by Gasteiger charge is 2.31. The topological polar surface area (TPSA) is 15.3 Å². The fourth-order valence-corrected chi connectivity index (χ4v) is 3.44. The lowest BCUT2D eigenvalue weighted by atomic mass is 10.1. The number of nitrogens with one attached hydrogen (secondary N) is 1. The highest BCUT2D eigenvalue weighted by molar-refractivity contribution is 5.30. The average molecular weight is 244 g/mol. The largest absolute Gasteiger partial charge is 0.314 e. The predicted octanol–water partition coefficient (Wildman–Crippen LogP) is 2.92. The van der Waals surface area contributed by atoms with E-state index in [9.17, 15) is 0 Å². The number of hydrogen-bond donors (Lipinski definition) is 1. The lowest BCUT2D eigenvalue weighted by Gasteiger charge is -2.23. The van der Waals surface area contributed by atoms with Crippen molar-refractivity contribution >= 4 is 0 Å². The van der Waals surface area contributed by atoms with Gasteiger partial charge in [0.15, 0.2) is 0 Å². The predicted molar refractivity (Wildman–Crippen MR) is 75.4 cm³/mol. The molecule has 0 spiro atoms. The first-order valence-electron chi connectivity index (χ1n) is 7.41. The Balaban J connectivity index is 1.56. The fourth-order valence-electron chi connectivity index (χ4n) is 3.44. The number of benzene rings is 1. The summed E-state index contributed by atoms with van der Waals surface area (Å²) in [6, 6.07) is 10.5. The first-order valence-corrected chi connectivity index (χ1v) is 7.41. The minimum atomic E-state index is 0.763. The Morgan fingerprint density at radius 2 is 1.89 bits per heavy atom. The maximum atomic E-state index is 3.68. The lowest BCUT2D eigenvalue weighted by molar-refractivity contribution is 0.199. The first kappa shape index (κ1) is 12.2.